The van der Waals surface area contributed by atoms with Crippen molar-refractivity contribution >= 4 is 6.01 Å². The largest absolute Gasteiger partial charge is 0.496 e. The van der Waals surface area contributed by atoms with Gasteiger partial charge in [-0.3, -0.25) is 0 Å². The SMILES string of the molecule is COc1ccccc1-c1ncc(CNc2nnc(CC3CC3)o2)cn1. The summed E-state index contributed by atoms with van der Waals surface area (Å²) in [6.07, 6.45) is 6.97. The average Bonchev–Trinajstić information content (AvgIpc) is 3.36. The Labute approximate surface area is 145 Å². The Hall–Kier alpha value is -2.96. The lowest BCUT2D eigenvalue weighted by molar-refractivity contribution is 0.416. The third-order valence-corrected chi connectivity index (χ3v) is 4.12. The van der Waals surface area contributed by atoms with Crippen LogP contribution in [0.4, 0.5) is 6.01 Å². The molecular weight excluding hydrogens is 318 g/mol. The van der Waals surface area contributed by atoms with E-state index < -0.39 is 0 Å². The van der Waals surface area contributed by atoms with Crippen molar-refractivity contribution in [3.8, 4) is 17.1 Å². The quantitative estimate of drug-likeness (QED) is 0.709. The Morgan fingerprint density at radius 2 is 1.96 bits per heavy atom. The second-order valence-electron chi connectivity index (χ2n) is 6.12. The predicted molar refractivity (Wildman–Crippen MR) is 92.1 cm³/mol. The lowest BCUT2D eigenvalue weighted by Crippen LogP contribution is -2.02. The van der Waals surface area contributed by atoms with Crippen molar-refractivity contribution in [1.29, 1.82) is 0 Å². The Morgan fingerprint density at radius 1 is 1.16 bits per heavy atom. The smallest absolute Gasteiger partial charge is 0.315 e. The van der Waals surface area contributed by atoms with Crippen LogP contribution < -0.4 is 10.1 Å². The first-order valence-corrected chi connectivity index (χ1v) is 8.32. The second-order valence-corrected chi connectivity index (χ2v) is 6.12. The van der Waals surface area contributed by atoms with E-state index in [1.165, 1.54) is 12.8 Å². The van der Waals surface area contributed by atoms with E-state index in [4.69, 9.17) is 9.15 Å². The van der Waals surface area contributed by atoms with Gasteiger partial charge in [-0.1, -0.05) is 17.2 Å². The van der Waals surface area contributed by atoms with Crippen molar-refractivity contribution in [2.45, 2.75) is 25.8 Å². The summed E-state index contributed by atoms with van der Waals surface area (Å²) in [5.41, 5.74) is 1.80. The third kappa shape index (κ3) is 3.76. The fraction of sp³-hybridized carbons (Fsp3) is 0.333. The van der Waals surface area contributed by atoms with Crippen molar-refractivity contribution in [3.05, 3.63) is 48.1 Å². The molecule has 0 unspecified atom stereocenters. The molecule has 0 spiro atoms. The summed E-state index contributed by atoms with van der Waals surface area (Å²) in [6.45, 7) is 0.525. The van der Waals surface area contributed by atoms with Gasteiger partial charge in [-0.15, -0.1) is 5.10 Å². The fourth-order valence-corrected chi connectivity index (χ4v) is 2.57. The highest BCUT2D eigenvalue weighted by molar-refractivity contribution is 5.63. The van der Waals surface area contributed by atoms with Crippen LogP contribution in [0.1, 0.15) is 24.3 Å². The molecule has 128 valence electrons. The molecule has 0 bridgehead atoms. The Morgan fingerprint density at radius 3 is 2.72 bits per heavy atom. The van der Waals surface area contributed by atoms with E-state index in [-0.39, 0.29) is 0 Å². The van der Waals surface area contributed by atoms with E-state index in [1.54, 1.807) is 19.5 Å². The molecule has 3 aromatic rings. The van der Waals surface area contributed by atoms with Crippen molar-refractivity contribution < 1.29 is 9.15 Å². The summed E-state index contributed by atoms with van der Waals surface area (Å²) in [5.74, 6) is 2.81. The van der Waals surface area contributed by atoms with E-state index >= 15 is 0 Å². The zero-order valence-corrected chi connectivity index (χ0v) is 14.0. The Bertz CT molecular complexity index is 843. The molecule has 1 N–H and O–H groups in total. The van der Waals surface area contributed by atoms with E-state index in [1.807, 2.05) is 24.3 Å². The van der Waals surface area contributed by atoms with Crippen LogP contribution in [-0.2, 0) is 13.0 Å². The zero-order chi connectivity index (χ0) is 17.1. The van der Waals surface area contributed by atoms with Gasteiger partial charge >= 0.3 is 6.01 Å². The standard InChI is InChI=1S/C18H19N5O2/c1-24-15-5-3-2-4-14(15)17-19-9-13(10-20-17)11-21-18-23-22-16(25-18)8-12-6-7-12/h2-5,9-10,12H,6-8,11H2,1H3,(H,21,23). The molecular formula is C18H19N5O2. The molecule has 2 heterocycles. The summed E-state index contributed by atoms with van der Waals surface area (Å²) < 4.78 is 10.9. The predicted octanol–water partition coefficient (Wildman–Crippen LogP) is 3.10. The number of anilines is 1. The van der Waals surface area contributed by atoms with Crippen LogP contribution in [0.3, 0.4) is 0 Å². The number of benzene rings is 1. The van der Waals surface area contributed by atoms with Crippen LogP contribution in [-0.4, -0.2) is 27.3 Å². The maximum Gasteiger partial charge on any atom is 0.315 e. The van der Waals surface area contributed by atoms with Crippen molar-refractivity contribution in [2.24, 2.45) is 5.92 Å². The number of aromatic nitrogens is 4. The molecule has 1 aliphatic carbocycles. The van der Waals surface area contributed by atoms with Gasteiger partial charge in [0.1, 0.15) is 5.75 Å². The first-order valence-electron chi connectivity index (χ1n) is 8.32. The fourth-order valence-electron chi connectivity index (χ4n) is 2.57. The van der Waals surface area contributed by atoms with Crippen LogP contribution >= 0.6 is 0 Å². The van der Waals surface area contributed by atoms with Crippen LogP contribution in [0.2, 0.25) is 0 Å². The first-order chi connectivity index (χ1) is 12.3. The molecule has 1 fully saturated rings. The second kappa shape index (κ2) is 6.88. The van der Waals surface area contributed by atoms with E-state index in [2.05, 4.69) is 25.5 Å². The van der Waals surface area contributed by atoms with Gasteiger partial charge in [-0.25, -0.2) is 9.97 Å². The number of nitrogens with zero attached hydrogens (tertiary/aromatic N) is 4. The highest BCUT2D eigenvalue weighted by Gasteiger charge is 2.24. The molecule has 0 radical (unpaired) electrons. The average molecular weight is 337 g/mol. The third-order valence-electron chi connectivity index (χ3n) is 4.12. The molecule has 1 aromatic carbocycles. The molecule has 4 rings (SSSR count). The van der Waals surface area contributed by atoms with Gasteiger partial charge in [0.15, 0.2) is 5.82 Å². The molecule has 7 nitrogen and oxygen atoms in total. The summed E-state index contributed by atoms with van der Waals surface area (Å²) >= 11 is 0. The summed E-state index contributed by atoms with van der Waals surface area (Å²) in [5, 5.41) is 11.2. The van der Waals surface area contributed by atoms with Crippen LogP contribution in [0, 0.1) is 5.92 Å². The maximum absolute atomic E-state index is 5.59. The zero-order valence-electron chi connectivity index (χ0n) is 14.0. The number of para-hydroxylation sites is 1. The van der Waals surface area contributed by atoms with Gasteiger partial charge in [-0.05, 0) is 30.9 Å². The lowest BCUT2D eigenvalue weighted by atomic mass is 10.2. The topological polar surface area (TPSA) is 86.0 Å². The normalized spacial score (nSPS) is 13.6. The number of rotatable bonds is 7. The lowest BCUT2D eigenvalue weighted by Gasteiger charge is -2.07. The van der Waals surface area contributed by atoms with Gasteiger partial charge in [0.25, 0.3) is 0 Å². The number of hydrogen-bond donors (Lipinski definition) is 1. The molecule has 7 heteroatoms. The van der Waals surface area contributed by atoms with Gasteiger partial charge in [-0.2, -0.15) is 0 Å². The monoisotopic (exact) mass is 337 g/mol. The van der Waals surface area contributed by atoms with Gasteiger partial charge in [0.2, 0.25) is 5.89 Å². The molecule has 0 atom stereocenters. The van der Waals surface area contributed by atoms with E-state index in [0.717, 1.165) is 29.2 Å². The highest BCUT2D eigenvalue weighted by Crippen LogP contribution is 2.32. The number of hydrogen-bond acceptors (Lipinski definition) is 7. The van der Waals surface area contributed by atoms with Crippen molar-refractivity contribution in [2.75, 3.05) is 12.4 Å². The van der Waals surface area contributed by atoms with Gasteiger partial charge in [0.05, 0.1) is 12.7 Å². The molecule has 1 saturated carbocycles. The molecule has 25 heavy (non-hydrogen) atoms. The van der Waals surface area contributed by atoms with Gasteiger partial charge < -0.3 is 14.5 Å². The summed E-state index contributed by atoms with van der Waals surface area (Å²) in [6, 6.07) is 8.12. The Kier molecular flexibility index (Phi) is 4.28. The van der Waals surface area contributed by atoms with Crippen LogP contribution in [0.15, 0.2) is 41.1 Å². The minimum Gasteiger partial charge on any atom is -0.496 e. The maximum atomic E-state index is 5.59. The van der Waals surface area contributed by atoms with E-state index in [9.17, 15) is 0 Å². The molecule has 0 aliphatic heterocycles. The minimum absolute atomic E-state index is 0.435. The number of nitrogens with one attached hydrogen (secondary N) is 1. The highest BCUT2D eigenvalue weighted by atomic mass is 16.5. The van der Waals surface area contributed by atoms with Crippen molar-refractivity contribution in [1.82, 2.24) is 20.2 Å². The Balaban J connectivity index is 1.39. The summed E-state index contributed by atoms with van der Waals surface area (Å²) in [7, 11) is 1.64. The van der Waals surface area contributed by atoms with Crippen LogP contribution in [0.5, 0.6) is 5.75 Å². The molecule has 1 aliphatic rings. The minimum atomic E-state index is 0.435. The molecule has 2 aromatic heterocycles. The van der Waals surface area contributed by atoms with E-state index in [0.29, 0.717) is 24.3 Å². The van der Waals surface area contributed by atoms with Crippen LogP contribution in [0.25, 0.3) is 11.4 Å². The van der Waals surface area contributed by atoms with Crippen molar-refractivity contribution in [3.63, 3.8) is 0 Å². The summed E-state index contributed by atoms with van der Waals surface area (Å²) in [4.78, 5) is 8.85. The number of methoxy groups -OCH3 is 1. The first kappa shape index (κ1) is 15.6. The number of ether oxygens (including phenoxy) is 1. The molecule has 0 saturated heterocycles. The van der Waals surface area contributed by atoms with Gasteiger partial charge in [0, 0.05) is 30.9 Å². The molecule has 0 amide bonds.